The van der Waals surface area contributed by atoms with Gasteiger partial charge in [0.1, 0.15) is 36.9 Å². The van der Waals surface area contributed by atoms with Crippen LogP contribution in [0.5, 0.6) is 11.5 Å². The first-order valence-electron chi connectivity index (χ1n) is 10.4. The molecule has 4 aromatic carbocycles. The minimum atomic E-state index is -0.801. The predicted molar refractivity (Wildman–Crippen MR) is 122 cm³/mol. The Morgan fingerprint density at radius 2 is 0.935 bits per heavy atom. The fraction of sp³-hybridized carbons (Fsp3) is 0.231. The van der Waals surface area contributed by atoms with Crippen molar-refractivity contribution < 1.29 is 24.4 Å². The van der Waals surface area contributed by atoms with Crippen LogP contribution in [0.3, 0.4) is 0 Å². The molecule has 0 amide bonds. The standard InChI is InChI=1S/C26H26O5/c27-21(17-30-25-13-5-9-19-7-1-3-11-23(19)25)15-29-16-22(28)18-31-26-14-6-10-20-8-2-4-12-24(20)26/h1-14,21-22,27-28H,15-18H2. The maximum Gasteiger partial charge on any atom is 0.127 e. The molecule has 2 N–H and O–H groups in total. The fourth-order valence-corrected chi connectivity index (χ4v) is 3.45. The Labute approximate surface area is 181 Å². The van der Waals surface area contributed by atoms with Gasteiger partial charge in [0, 0.05) is 10.8 Å². The molecular formula is C26H26O5. The molecular weight excluding hydrogens is 392 g/mol. The van der Waals surface area contributed by atoms with Crippen LogP contribution in [0.25, 0.3) is 21.5 Å². The van der Waals surface area contributed by atoms with Crippen molar-refractivity contribution in [3.05, 3.63) is 84.9 Å². The zero-order valence-corrected chi connectivity index (χ0v) is 17.2. The lowest BCUT2D eigenvalue weighted by atomic mass is 10.1. The highest BCUT2D eigenvalue weighted by atomic mass is 16.5. The van der Waals surface area contributed by atoms with Crippen molar-refractivity contribution in [1.29, 1.82) is 0 Å². The van der Waals surface area contributed by atoms with Crippen LogP contribution in [-0.4, -0.2) is 48.8 Å². The van der Waals surface area contributed by atoms with E-state index in [-0.39, 0.29) is 26.4 Å². The van der Waals surface area contributed by atoms with E-state index >= 15 is 0 Å². The van der Waals surface area contributed by atoms with Crippen LogP contribution in [0, 0.1) is 0 Å². The van der Waals surface area contributed by atoms with Crippen LogP contribution in [-0.2, 0) is 4.74 Å². The SMILES string of the molecule is OC(COCC(O)COc1cccc2ccccc12)COc1cccc2ccccc12. The van der Waals surface area contributed by atoms with E-state index in [0.717, 1.165) is 33.0 Å². The van der Waals surface area contributed by atoms with E-state index in [0.29, 0.717) is 0 Å². The predicted octanol–water partition coefficient (Wildman–Crippen LogP) is 4.19. The lowest BCUT2D eigenvalue weighted by Gasteiger charge is -2.17. The van der Waals surface area contributed by atoms with Crippen molar-refractivity contribution in [2.24, 2.45) is 0 Å². The average Bonchev–Trinajstić information content (AvgIpc) is 2.81. The maximum atomic E-state index is 10.2. The molecule has 5 heteroatoms. The van der Waals surface area contributed by atoms with E-state index in [9.17, 15) is 10.2 Å². The maximum absolute atomic E-state index is 10.2. The van der Waals surface area contributed by atoms with Gasteiger partial charge in [-0.25, -0.2) is 0 Å². The summed E-state index contributed by atoms with van der Waals surface area (Å²) < 4.78 is 17.0. The number of hydrogen-bond acceptors (Lipinski definition) is 5. The number of hydrogen-bond donors (Lipinski definition) is 2. The Hall–Kier alpha value is -3.12. The summed E-state index contributed by atoms with van der Waals surface area (Å²) in [5.74, 6) is 1.45. The third kappa shape index (κ3) is 5.52. The molecule has 0 aromatic heterocycles. The van der Waals surface area contributed by atoms with Gasteiger partial charge in [-0.05, 0) is 22.9 Å². The zero-order valence-electron chi connectivity index (χ0n) is 17.2. The van der Waals surface area contributed by atoms with E-state index in [1.165, 1.54) is 0 Å². The molecule has 0 heterocycles. The summed E-state index contributed by atoms with van der Waals surface area (Å²) in [7, 11) is 0. The number of aliphatic hydroxyl groups excluding tert-OH is 2. The first-order chi connectivity index (χ1) is 15.2. The smallest absolute Gasteiger partial charge is 0.127 e. The van der Waals surface area contributed by atoms with Crippen LogP contribution in [0.15, 0.2) is 84.9 Å². The zero-order chi connectivity index (χ0) is 21.5. The van der Waals surface area contributed by atoms with Gasteiger partial charge < -0.3 is 24.4 Å². The van der Waals surface area contributed by atoms with Crippen molar-refractivity contribution >= 4 is 21.5 Å². The van der Waals surface area contributed by atoms with Crippen molar-refractivity contribution in [1.82, 2.24) is 0 Å². The van der Waals surface area contributed by atoms with Gasteiger partial charge in [0.05, 0.1) is 13.2 Å². The molecule has 0 aliphatic rings. The Morgan fingerprint density at radius 1 is 0.516 bits per heavy atom. The minimum absolute atomic E-state index is 0.0656. The summed E-state index contributed by atoms with van der Waals surface area (Å²) >= 11 is 0. The lowest BCUT2D eigenvalue weighted by molar-refractivity contribution is -0.0306. The van der Waals surface area contributed by atoms with Gasteiger partial charge in [-0.15, -0.1) is 0 Å². The monoisotopic (exact) mass is 418 g/mol. The van der Waals surface area contributed by atoms with E-state index in [1.54, 1.807) is 0 Å². The summed E-state index contributed by atoms with van der Waals surface area (Å²) in [5, 5.41) is 24.5. The first-order valence-corrected chi connectivity index (χ1v) is 10.4. The largest absolute Gasteiger partial charge is 0.490 e. The Morgan fingerprint density at radius 3 is 1.42 bits per heavy atom. The summed E-state index contributed by atoms with van der Waals surface area (Å²) in [5.41, 5.74) is 0. The van der Waals surface area contributed by atoms with Crippen LogP contribution in [0.1, 0.15) is 0 Å². The van der Waals surface area contributed by atoms with Gasteiger partial charge in [-0.1, -0.05) is 72.8 Å². The van der Waals surface area contributed by atoms with Crippen LogP contribution < -0.4 is 9.47 Å². The van der Waals surface area contributed by atoms with Crippen molar-refractivity contribution in [3.8, 4) is 11.5 Å². The number of rotatable bonds is 10. The highest BCUT2D eigenvalue weighted by Gasteiger charge is 2.11. The Kier molecular flexibility index (Phi) is 6.99. The number of ether oxygens (including phenoxy) is 3. The molecule has 0 fully saturated rings. The van der Waals surface area contributed by atoms with Crippen molar-refractivity contribution in [2.75, 3.05) is 26.4 Å². The number of benzene rings is 4. The molecule has 160 valence electrons. The molecule has 0 radical (unpaired) electrons. The average molecular weight is 418 g/mol. The molecule has 5 nitrogen and oxygen atoms in total. The van der Waals surface area contributed by atoms with Gasteiger partial charge in [0.25, 0.3) is 0 Å². The third-order valence-electron chi connectivity index (χ3n) is 4.98. The number of aliphatic hydroxyl groups is 2. The van der Waals surface area contributed by atoms with Gasteiger partial charge in [0.15, 0.2) is 0 Å². The topological polar surface area (TPSA) is 68.2 Å². The molecule has 0 aliphatic carbocycles. The van der Waals surface area contributed by atoms with Gasteiger partial charge in [-0.2, -0.15) is 0 Å². The third-order valence-corrected chi connectivity index (χ3v) is 4.98. The fourth-order valence-electron chi connectivity index (χ4n) is 3.45. The number of fused-ring (bicyclic) bond motifs is 2. The highest BCUT2D eigenvalue weighted by Crippen LogP contribution is 2.26. The van der Waals surface area contributed by atoms with Crippen molar-refractivity contribution in [2.45, 2.75) is 12.2 Å². The molecule has 0 spiro atoms. The van der Waals surface area contributed by atoms with Crippen LogP contribution >= 0.6 is 0 Å². The molecule has 2 unspecified atom stereocenters. The molecule has 31 heavy (non-hydrogen) atoms. The van der Waals surface area contributed by atoms with Gasteiger partial charge in [-0.3, -0.25) is 0 Å². The van der Waals surface area contributed by atoms with E-state index in [4.69, 9.17) is 14.2 Å². The molecule has 4 rings (SSSR count). The van der Waals surface area contributed by atoms with E-state index in [1.807, 2.05) is 84.9 Å². The Balaban J connectivity index is 1.20. The van der Waals surface area contributed by atoms with Crippen molar-refractivity contribution in [3.63, 3.8) is 0 Å². The normalized spacial score (nSPS) is 13.2. The lowest BCUT2D eigenvalue weighted by Crippen LogP contribution is -2.28. The summed E-state index contributed by atoms with van der Waals surface area (Å²) in [6.45, 7) is 0.347. The van der Waals surface area contributed by atoms with E-state index < -0.39 is 12.2 Å². The van der Waals surface area contributed by atoms with Gasteiger partial charge in [0.2, 0.25) is 0 Å². The second kappa shape index (κ2) is 10.3. The summed E-state index contributed by atoms with van der Waals surface area (Å²) in [6, 6.07) is 27.5. The second-order valence-corrected chi connectivity index (χ2v) is 7.42. The molecule has 0 bridgehead atoms. The molecule has 0 aliphatic heterocycles. The van der Waals surface area contributed by atoms with E-state index in [2.05, 4.69) is 0 Å². The first kappa shape index (κ1) is 21.1. The van der Waals surface area contributed by atoms with Crippen LogP contribution in [0.4, 0.5) is 0 Å². The minimum Gasteiger partial charge on any atom is -0.490 e. The molecule has 0 saturated heterocycles. The summed E-state index contributed by atoms with van der Waals surface area (Å²) in [6.07, 6.45) is -1.60. The quantitative estimate of drug-likeness (QED) is 0.404. The molecule has 0 saturated carbocycles. The summed E-state index contributed by atoms with van der Waals surface area (Å²) in [4.78, 5) is 0. The Bertz CT molecular complexity index is 1030. The second-order valence-electron chi connectivity index (χ2n) is 7.42. The van der Waals surface area contributed by atoms with Gasteiger partial charge >= 0.3 is 0 Å². The molecule has 4 aromatic rings. The molecule has 2 atom stereocenters. The van der Waals surface area contributed by atoms with Crippen LogP contribution in [0.2, 0.25) is 0 Å². The highest BCUT2D eigenvalue weighted by molar-refractivity contribution is 5.88.